The molecule has 1 aromatic rings. The third kappa shape index (κ3) is 2.03. The predicted octanol–water partition coefficient (Wildman–Crippen LogP) is -3.05. The smallest absolute Gasteiger partial charge is 0.330 e. The third-order valence-electron chi connectivity index (χ3n) is 2.58. The van der Waals surface area contributed by atoms with Crippen molar-refractivity contribution >= 4 is 0 Å². The van der Waals surface area contributed by atoms with Crippen molar-refractivity contribution in [2.75, 3.05) is 6.61 Å². The summed E-state index contributed by atoms with van der Waals surface area (Å²) in [5.41, 5.74) is -1.48. The topological polar surface area (TPSA) is 125 Å². The number of aliphatic hydroxyl groups excluding tert-OH is 3. The van der Waals surface area contributed by atoms with Gasteiger partial charge in [-0.05, 0) is 0 Å². The van der Waals surface area contributed by atoms with Gasteiger partial charge in [-0.15, -0.1) is 0 Å². The van der Waals surface area contributed by atoms with Gasteiger partial charge < -0.3 is 20.1 Å². The van der Waals surface area contributed by atoms with Crippen LogP contribution in [0.3, 0.4) is 0 Å². The molecule has 0 aliphatic carbocycles. The summed E-state index contributed by atoms with van der Waals surface area (Å²) in [5, 5.41) is 28.0. The van der Waals surface area contributed by atoms with Crippen LogP contribution in [0.4, 0.5) is 0 Å². The van der Waals surface area contributed by atoms with Gasteiger partial charge in [0.2, 0.25) is 0 Å². The van der Waals surface area contributed by atoms with Crippen molar-refractivity contribution < 1.29 is 20.1 Å². The Kier molecular flexibility index (Phi) is 3.11. The van der Waals surface area contributed by atoms with E-state index in [4.69, 9.17) is 9.84 Å². The summed E-state index contributed by atoms with van der Waals surface area (Å²) < 4.78 is 6.01. The molecule has 93 valence electrons. The van der Waals surface area contributed by atoms with E-state index in [-0.39, 0.29) is 0 Å². The van der Waals surface area contributed by atoms with Gasteiger partial charge in [-0.1, -0.05) is 0 Å². The largest absolute Gasteiger partial charge is 0.394 e. The maximum Gasteiger partial charge on any atom is 0.330 e. The molecule has 0 saturated carbocycles. The highest BCUT2D eigenvalue weighted by Crippen LogP contribution is 2.27. The van der Waals surface area contributed by atoms with E-state index in [1.165, 1.54) is 0 Å². The van der Waals surface area contributed by atoms with Gasteiger partial charge in [0.05, 0.1) is 12.7 Å². The van der Waals surface area contributed by atoms with E-state index in [0.29, 0.717) is 0 Å². The van der Waals surface area contributed by atoms with Crippen LogP contribution < -0.4 is 11.2 Å². The van der Waals surface area contributed by atoms with Crippen LogP contribution in [0.2, 0.25) is 0 Å². The quantitative estimate of drug-likeness (QED) is 0.437. The highest BCUT2D eigenvalue weighted by atomic mass is 16.6. The number of hydrogen-bond donors (Lipinski definition) is 4. The SMILES string of the molecule is O=c1[c]cn([C@@H]2O[C@H](CO)[C@@H](O)[C@H]2O)c(=O)[nH]1. The minimum absolute atomic E-state index is 0.490. The first-order valence-electron chi connectivity index (χ1n) is 4.90. The Morgan fingerprint density at radius 3 is 2.65 bits per heavy atom. The molecule has 0 amide bonds. The number of aromatic amines is 1. The average Bonchev–Trinajstić information content (AvgIpc) is 2.57. The van der Waals surface area contributed by atoms with Crippen molar-refractivity contribution in [3.63, 3.8) is 0 Å². The lowest BCUT2D eigenvalue weighted by atomic mass is 10.1. The lowest BCUT2D eigenvalue weighted by Gasteiger charge is -2.16. The van der Waals surface area contributed by atoms with Crippen molar-refractivity contribution in [2.24, 2.45) is 0 Å². The summed E-state index contributed by atoms with van der Waals surface area (Å²) >= 11 is 0. The summed E-state index contributed by atoms with van der Waals surface area (Å²) in [6.45, 7) is -0.490. The molecule has 1 aliphatic rings. The summed E-state index contributed by atoms with van der Waals surface area (Å²) in [6, 6.07) is 2.20. The standard InChI is InChI=1S/C9H11N2O6/c12-3-4-6(14)7(15)8(17-4)11-2-1-5(13)10-9(11)16/h2,4,6-8,12,14-15H,3H2,(H,10,13,16)/t4-,6-,7-,8-/m1/s1. The molecule has 8 heteroatoms. The second-order valence-electron chi connectivity index (χ2n) is 3.67. The Balaban J connectivity index is 2.35. The van der Waals surface area contributed by atoms with Crippen molar-refractivity contribution in [2.45, 2.75) is 24.5 Å². The van der Waals surface area contributed by atoms with E-state index < -0.39 is 42.4 Å². The second-order valence-corrected chi connectivity index (χ2v) is 3.67. The number of H-pyrrole nitrogens is 1. The van der Waals surface area contributed by atoms with Crippen LogP contribution in [-0.4, -0.2) is 49.8 Å². The molecule has 1 aromatic heterocycles. The van der Waals surface area contributed by atoms with E-state index in [9.17, 15) is 19.8 Å². The molecular formula is C9H11N2O6. The number of nitrogens with zero attached hydrogens (tertiary/aromatic N) is 1. The number of hydrogen-bond acceptors (Lipinski definition) is 6. The minimum atomic E-state index is -1.37. The number of nitrogens with one attached hydrogen (secondary N) is 1. The zero-order valence-corrected chi connectivity index (χ0v) is 8.61. The van der Waals surface area contributed by atoms with Crippen molar-refractivity contribution in [1.82, 2.24) is 9.55 Å². The first kappa shape index (κ1) is 12.0. The molecule has 1 fully saturated rings. The number of aliphatic hydroxyl groups is 3. The monoisotopic (exact) mass is 243 g/mol. The van der Waals surface area contributed by atoms with Gasteiger partial charge in [-0.3, -0.25) is 14.3 Å². The Bertz CT molecular complexity index is 509. The molecule has 1 radical (unpaired) electrons. The van der Waals surface area contributed by atoms with Crippen LogP contribution in [0.25, 0.3) is 0 Å². The van der Waals surface area contributed by atoms with Crippen LogP contribution >= 0.6 is 0 Å². The molecule has 0 unspecified atom stereocenters. The molecule has 0 bridgehead atoms. The Labute approximate surface area is 94.7 Å². The molecule has 1 saturated heterocycles. The molecular weight excluding hydrogens is 232 g/mol. The lowest BCUT2D eigenvalue weighted by Crippen LogP contribution is -2.37. The van der Waals surface area contributed by atoms with Gasteiger partial charge in [0.25, 0.3) is 5.56 Å². The van der Waals surface area contributed by atoms with Crippen molar-refractivity contribution in [1.29, 1.82) is 0 Å². The minimum Gasteiger partial charge on any atom is -0.394 e. The van der Waals surface area contributed by atoms with Gasteiger partial charge >= 0.3 is 5.69 Å². The normalized spacial score (nSPS) is 32.9. The van der Waals surface area contributed by atoms with E-state index in [2.05, 4.69) is 6.07 Å². The number of rotatable bonds is 2. The van der Waals surface area contributed by atoms with Gasteiger partial charge in [-0.2, -0.15) is 0 Å². The van der Waals surface area contributed by atoms with Gasteiger partial charge in [0.1, 0.15) is 18.3 Å². The van der Waals surface area contributed by atoms with Crippen LogP contribution in [-0.2, 0) is 4.74 Å². The molecule has 8 nitrogen and oxygen atoms in total. The molecule has 4 N–H and O–H groups in total. The van der Waals surface area contributed by atoms with Crippen LogP contribution in [0.5, 0.6) is 0 Å². The molecule has 2 heterocycles. The molecule has 0 aromatic carbocycles. The Morgan fingerprint density at radius 2 is 2.12 bits per heavy atom. The average molecular weight is 243 g/mol. The van der Waals surface area contributed by atoms with Crippen LogP contribution in [0.1, 0.15) is 6.23 Å². The van der Waals surface area contributed by atoms with Crippen molar-refractivity contribution in [3.8, 4) is 0 Å². The predicted molar refractivity (Wildman–Crippen MR) is 53.2 cm³/mol. The van der Waals surface area contributed by atoms with Crippen LogP contribution in [0, 0.1) is 6.07 Å². The first-order valence-corrected chi connectivity index (χ1v) is 4.90. The highest BCUT2D eigenvalue weighted by molar-refractivity contribution is 4.92. The maximum absolute atomic E-state index is 11.4. The molecule has 4 atom stereocenters. The summed E-state index contributed by atoms with van der Waals surface area (Å²) in [7, 11) is 0. The molecule has 0 spiro atoms. The third-order valence-corrected chi connectivity index (χ3v) is 2.58. The van der Waals surface area contributed by atoms with Gasteiger partial charge in [-0.25, -0.2) is 4.79 Å². The van der Waals surface area contributed by atoms with E-state index in [1.54, 1.807) is 0 Å². The number of ether oxygens (including phenoxy) is 1. The second kappa shape index (κ2) is 4.41. The fourth-order valence-corrected chi connectivity index (χ4v) is 1.68. The Hall–Kier alpha value is -1.48. The number of aromatic nitrogens is 2. The Morgan fingerprint density at radius 1 is 1.41 bits per heavy atom. The lowest BCUT2D eigenvalue weighted by molar-refractivity contribution is -0.0550. The van der Waals surface area contributed by atoms with E-state index >= 15 is 0 Å². The van der Waals surface area contributed by atoms with E-state index in [0.717, 1.165) is 10.8 Å². The molecule has 2 rings (SSSR count). The van der Waals surface area contributed by atoms with Crippen LogP contribution in [0.15, 0.2) is 15.8 Å². The van der Waals surface area contributed by atoms with Gasteiger partial charge in [0.15, 0.2) is 6.23 Å². The molecule has 17 heavy (non-hydrogen) atoms. The first-order chi connectivity index (χ1) is 8.04. The van der Waals surface area contributed by atoms with Crippen molar-refractivity contribution in [3.05, 3.63) is 33.1 Å². The fourth-order valence-electron chi connectivity index (χ4n) is 1.68. The molecule has 1 aliphatic heterocycles. The van der Waals surface area contributed by atoms with E-state index in [1.807, 2.05) is 4.98 Å². The fraction of sp³-hybridized carbons (Fsp3) is 0.556. The highest BCUT2D eigenvalue weighted by Gasteiger charge is 2.43. The zero-order valence-electron chi connectivity index (χ0n) is 8.61. The summed E-state index contributed by atoms with van der Waals surface area (Å²) in [5.74, 6) is 0. The summed E-state index contributed by atoms with van der Waals surface area (Å²) in [6.07, 6.45) is -3.79. The maximum atomic E-state index is 11.4. The van der Waals surface area contributed by atoms with Gasteiger partial charge in [0, 0.05) is 6.20 Å². The zero-order chi connectivity index (χ0) is 12.6. The summed E-state index contributed by atoms with van der Waals surface area (Å²) in [4.78, 5) is 24.2.